The zero-order valence-corrected chi connectivity index (χ0v) is 14.0. The van der Waals surface area contributed by atoms with Crippen LogP contribution in [0.15, 0.2) is 18.2 Å². The van der Waals surface area contributed by atoms with Crippen molar-refractivity contribution in [1.82, 2.24) is 10.2 Å². The molecular formula is C15H21Cl2F3N2. The molecule has 2 nitrogen and oxygen atoms in total. The van der Waals surface area contributed by atoms with Gasteiger partial charge in [0.1, 0.15) is 0 Å². The van der Waals surface area contributed by atoms with Gasteiger partial charge in [-0.3, -0.25) is 4.90 Å². The second kappa shape index (κ2) is 8.39. The van der Waals surface area contributed by atoms with Gasteiger partial charge in [0.2, 0.25) is 0 Å². The molecule has 1 fully saturated rings. The third-order valence-corrected chi connectivity index (χ3v) is 4.28. The van der Waals surface area contributed by atoms with Crippen LogP contribution in [0.1, 0.15) is 30.0 Å². The zero-order valence-electron chi connectivity index (χ0n) is 12.4. The molecule has 1 N–H and O–H groups in total. The van der Waals surface area contributed by atoms with Crippen LogP contribution in [0, 0.1) is 6.92 Å². The summed E-state index contributed by atoms with van der Waals surface area (Å²) in [6, 6.07) is 5.34. The van der Waals surface area contributed by atoms with Gasteiger partial charge in [0, 0.05) is 43.7 Å². The van der Waals surface area contributed by atoms with Gasteiger partial charge in [-0.25, -0.2) is 0 Å². The highest BCUT2D eigenvalue weighted by Crippen LogP contribution is 2.33. The second-order valence-corrected chi connectivity index (χ2v) is 5.87. The summed E-state index contributed by atoms with van der Waals surface area (Å²) in [6.45, 7) is 5.02. The minimum Gasteiger partial charge on any atom is -0.314 e. The Morgan fingerprint density at radius 3 is 2.45 bits per heavy atom. The number of alkyl halides is 3. The van der Waals surface area contributed by atoms with Crippen molar-refractivity contribution < 1.29 is 13.2 Å². The molecule has 1 aromatic carbocycles. The maximum Gasteiger partial charge on any atom is 0.389 e. The van der Waals surface area contributed by atoms with Gasteiger partial charge in [0.15, 0.2) is 0 Å². The van der Waals surface area contributed by atoms with Crippen LogP contribution in [0.3, 0.4) is 0 Å². The lowest BCUT2D eigenvalue weighted by atomic mass is 9.98. The van der Waals surface area contributed by atoms with E-state index in [1.54, 1.807) is 6.07 Å². The van der Waals surface area contributed by atoms with Gasteiger partial charge in [-0.1, -0.05) is 23.7 Å². The molecule has 22 heavy (non-hydrogen) atoms. The third-order valence-electron chi connectivity index (χ3n) is 3.87. The van der Waals surface area contributed by atoms with Gasteiger partial charge >= 0.3 is 6.18 Å². The molecule has 1 aromatic rings. The van der Waals surface area contributed by atoms with Crippen molar-refractivity contribution in [2.24, 2.45) is 0 Å². The molecular weight excluding hydrogens is 336 g/mol. The van der Waals surface area contributed by atoms with E-state index in [9.17, 15) is 13.2 Å². The lowest BCUT2D eigenvalue weighted by Crippen LogP contribution is -2.45. The zero-order chi connectivity index (χ0) is 15.5. The number of hydrogen-bond donors (Lipinski definition) is 1. The van der Waals surface area contributed by atoms with Crippen LogP contribution in [0.5, 0.6) is 0 Å². The molecule has 0 radical (unpaired) electrons. The molecule has 2 rings (SSSR count). The van der Waals surface area contributed by atoms with Crippen LogP contribution in [0.4, 0.5) is 13.2 Å². The van der Waals surface area contributed by atoms with Crippen molar-refractivity contribution in [3.8, 4) is 0 Å². The number of hydrogen-bond acceptors (Lipinski definition) is 2. The lowest BCUT2D eigenvalue weighted by molar-refractivity contribution is -0.138. The largest absolute Gasteiger partial charge is 0.389 e. The quantitative estimate of drug-likeness (QED) is 0.862. The molecule has 0 spiro atoms. The molecule has 0 amide bonds. The Bertz CT molecular complexity index is 474. The lowest BCUT2D eigenvalue weighted by Gasteiger charge is -2.35. The van der Waals surface area contributed by atoms with Crippen LogP contribution in [0.25, 0.3) is 0 Å². The molecule has 0 saturated carbocycles. The molecule has 1 heterocycles. The number of rotatable bonds is 4. The van der Waals surface area contributed by atoms with Crippen molar-refractivity contribution in [2.75, 3.05) is 26.2 Å². The van der Waals surface area contributed by atoms with Crippen molar-refractivity contribution in [3.05, 3.63) is 34.3 Å². The molecule has 7 heteroatoms. The highest BCUT2D eigenvalue weighted by molar-refractivity contribution is 6.31. The maximum absolute atomic E-state index is 12.6. The summed E-state index contributed by atoms with van der Waals surface area (Å²) in [5.74, 6) is 0. The van der Waals surface area contributed by atoms with E-state index in [-0.39, 0.29) is 24.9 Å². The van der Waals surface area contributed by atoms with E-state index in [0.29, 0.717) is 5.02 Å². The van der Waals surface area contributed by atoms with E-state index in [4.69, 9.17) is 11.6 Å². The normalized spacial score (nSPS) is 17.9. The Balaban J connectivity index is 0.00000242. The predicted octanol–water partition coefficient (Wildman–Crippen LogP) is 4.36. The summed E-state index contributed by atoms with van der Waals surface area (Å²) in [7, 11) is 0. The van der Waals surface area contributed by atoms with Crippen LogP contribution in [-0.2, 0) is 0 Å². The summed E-state index contributed by atoms with van der Waals surface area (Å²) in [5.41, 5.74) is 1.81. The minimum atomic E-state index is -4.12. The van der Waals surface area contributed by atoms with Gasteiger partial charge in [-0.2, -0.15) is 13.2 Å². The second-order valence-electron chi connectivity index (χ2n) is 5.46. The van der Waals surface area contributed by atoms with Gasteiger partial charge in [0.25, 0.3) is 0 Å². The SMILES string of the molecule is Cc1ccc([C@H](CCC(F)(F)F)N2CCNCC2)cc1Cl.Cl. The number of halogens is 5. The van der Waals surface area contributed by atoms with Crippen molar-refractivity contribution >= 4 is 24.0 Å². The first-order chi connectivity index (χ1) is 9.87. The van der Waals surface area contributed by atoms with E-state index in [1.165, 1.54) is 0 Å². The molecule has 1 saturated heterocycles. The summed E-state index contributed by atoms with van der Waals surface area (Å²) >= 11 is 6.13. The standard InChI is InChI=1S/C15H20ClF3N2.ClH/c1-11-2-3-12(10-13(11)16)14(4-5-15(17,18)19)21-8-6-20-7-9-21;/h2-3,10,14,20H,4-9H2,1H3;1H/t14-;/m0./s1. The predicted molar refractivity (Wildman–Crippen MR) is 85.9 cm³/mol. The van der Waals surface area contributed by atoms with Gasteiger partial charge in [-0.15, -0.1) is 12.4 Å². The van der Waals surface area contributed by atoms with E-state index < -0.39 is 12.6 Å². The number of piperazine rings is 1. The van der Waals surface area contributed by atoms with E-state index in [1.807, 2.05) is 19.1 Å². The fraction of sp³-hybridized carbons (Fsp3) is 0.600. The Morgan fingerprint density at radius 1 is 1.27 bits per heavy atom. The smallest absolute Gasteiger partial charge is 0.314 e. The first-order valence-corrected chi connectivity index (χ1v) is 7.52. The first kappa shape index (κ1) is 19.6. The Kier molecular flexibility index (Phi) is 7.46. The number of nitrogens with zero attached hydrogens (tertiary/aromatic N) is 1. The fourth-order valence-corrected chi connectivity index (χ4v) is 2.86. The number of aryl methyl sites for hydroxylation is 1. The molecule has 1 aliphatic rings. The molecule has 1 aliphatic heterocycles. The fourth-order valence-electron chi connectivity index (χ4n) is 2.67. The highest BCUT2D eigenvalue weighted by Gasteiger charge is 2.31. The average molecular weight is 357 g/mol. The van der Waals surface area contributed by atoms with E-state index >= 15 is 0 Å². The summed E-state index contributed by atoms with van der Waals surface area (Å²) < 4.78 is 37.8. The molecule has 126 valence electrons. The first-order valence-electron chi connectivity index (χ1n) is 7.14. The van der Waals surface area contributed by atoms with Crippen LogP contribution in [-0.4, -0.2) is 37.3 Å². The highest BCUT2D eigenvalue weighted by atomic mass is 35.5. The summed E-state index contributed by atoms with van der Waals surface area (Å²) in [4.78, 5) is 2.11. The minimum absolute atomic E-state index is 0. The van der Waals surface area contributed by atoms with Crippen molar-refractivity contribution in [1.29, 1.82) is 0 Å². The Hall–Kier alpha value is -0.490. The molecule has 0 aromatic heterocycles. The molecule has 0 bridgehead atoms. The Labute approximate surface area is 140 Å². The molecule has 0 aliphatic carbocycles. The van der Waals surface area contributed by atoms with E-state index in [0.717, 1.165) is 37.3 Å². The van der Waals surface area contributed by atoms with Crippen LogP contribution < -0.4 is 5.32 Å². The maximum atomic E-state index is 12.6. The monoisotopic (exact) mass is 356 g/mol. The van der Waals surface area contributed by atoms with Crippen molar-refractivity contribution in [3.63, 3.8) is 0 Å². The van der Waals surface area contributed by atoms with Gasteiger partial charge in [-0.05, 0) is 30.5 Å². The third kappa shape index (κ3) is 5.61. The summed E-state index contributed by atoms with van der Waals surface area (Å²) in [6.07, 6.45) is -4.82. The molecule has 1 atom stereocenters. The molecule has 0 unspecified atom stereocenters. The Morgan fingerprint density at radius 2 is 1.91 bits per heavy atom. The topological polar surface area (TPSA) is 15.3 Å². The summed E-state index contributed by atoms with van der Waals surface area (Å²) in [5, 5.41) is 3.83. The van der Waals surface area contributed by atoms with Crippen molar-refractivity contribution in [2.45, 2.75) is 32.0 Å². The van der Waals surface area contributed by atoms with E-state index in [2.05, 4.69) is 10.2 Å². The van der Waals surface area contributed by atoms with Gasteiger partial charge < -0.3 is 5.32 Å². The van der Waals surface area contributed by atoms with Crippen LogP contribution >= 0.6 is 24.0 Å². The van der Waals surface area contributed by atoms with Gasteiger partial charge in [0.05, 0.1) is 0 Å². The number of nitrogens with one attached hydrogen (secondary N) is 1. The average Bonchev–Trinajstić information content (AvgIpc) is 2.43. The number of benzene rings is 1. The van der Waals surface area contributed by atoms with Crippen LogP contribution in [0.2, 0.25) is 5.02 Å².